The Hall–Kier alpha value is -0.630. The van der Waals surface area contributed by atoms with Gasteiger partial charge in [-0.1, -0.05) is 13.8 Å². The molecule has 0 unspecified atom stereocenters. The van der Waals surface area contributed by atoms with Gasteiger partial charge in [0, 0.05) is 4.90 Å². The molecule has 0 saturated heterocycles. The Balaban J connectivity index is 3.22. The third-order valence-electron chi connectivity index (χ3n) is 2.17. The molecule has 1 N–H and O–H groups in total. The number of phenols is 1. The maximum absolute atomic E-state index is 9.67. The quantitative estimate of drug-likeness (QED) is 0.730. The van der Waals surface area contributed by atoms with Gasteiger partial charge in [-0.15, -0.1) is 11.8 Å². The van der Waals surface area contributed by atoms with Crippen LogP contribution in [0.4, 0.5) is 0 Å². The maximum atomic E-state index is 9.67. The fourth-order valence-electron chi connectivity index (χ4n) is 1.37. The smallest absolute Gasteiger partial charge is 0.119 e. The predicted octanol–water partition coefficient (Wildman–Crippen LogP) is 3.55. The molecule has 0 aromatic heterocycles. The first-order chi connectivity index (χ1) is 6.06. The first kappa shape index (κ1) is 10.5. The van der Waals surface area contributed by atoms with E-state index in [9.17, 15) is 5.11 Å². The van der Waals surface area contributed by atoms with Crippen LogP contribution in [0.25, 0.3) is 0 Å². The van der Waals surface area contributed by atoms with E-state index in [0.717, 1.165) is 11.1 Å². The molecule has 1 rings (SSSR count). The number of thioether (sulfide) groups is 1. The molecule has 0 amide bonds. The normalized spacial score (nSPS) is 10.8. The minimum absolute atomic E-state index is 0.381. The van der Waals surface area contributed by atoms with Gasteiger partial charge in [0.15, 0.2) is 0 Å². The number of hydrogen-bond donors (Lipinski definition) is 1. The Bertz CT molecular complexity index is 305. The lowest BCUT2D eigenvalue weighted by Gasteiger charge is -2.11. The zero-order valence-corrected chi connectivity index (χ0v) is 9.40. The molecule has 1 aromatic rings. The molecule has 1 aromatic carbocycles. The lowest BCUT2D eigenvalue weighted by atomic mass is 10.0. The average molecular weight is 196 g/mol. The topological polar surface area (TPSA) is 20.2 Å². The number of aromatic hydroxyl groups is 1. The summed E-state index contributed by atoms with van der Waals surface area (Å²) in [7, 11) is 0. The zero-order valence-electron chi connectivity index (χ0n) is 8.59. The van der Waals surface area contributed by atoms with Gasteiger partial charge in [0.05, 0.1) is 0 Å². The van der Waals surface area contributed by atoms with Crippen molar-refractivity contribution in [2.75, 3.05) is 6.26 Å². The van der Waals surface area contributed by atoms with Gasteiger partial charge in [-0.2, -0.15) is 0 Å². The highest BCUT2D eigenvalue weighted by molar-refractivity contribution is 7.98. The van der Waals surface area contributed by atoms with Gasteiger partial charge < -0.3 is 5.11 Å². The van der Waals surface area contributed by atoms with Crippen molar-refractivity contribution in [2.45, 2.75) is 31.6 Å². The van der Waals surface area contributed by atoms with Crippen LogP contribution >= 0.6 is 11.8 Å². The van der Waals surface area contributed by atoms with Crippen LogP contribution in [0.2, 0.25) is 0 Å². The van der Waals surface area contributed by atoms with Gasteiger partial charge in [-0.05, 0) is 42.4 Å². The lowest BCUT2D eigenvalue weighted by Crippen LogP contribution is -1.90. The van der Waals surface area contributed by atoms with Crippen molar-refractivity contribution in [3.8, 4) is 5.75 Å². The van der Waals surface area contributed by atoms with Crippen molar-refractivity contribution in [3.05, 3.63) is 23.3 Å². The summed E-state index contributed by atoms with van der Waals surface area (Å²) >= 11 is 1.72. The van der Waals surface area contributed by atoms with E-state index in [0.29, 0.717) is 11.7 Å². The summed E-state index contributed by atoms with van der Waals surface area (Å²) in [6.45, 7) is 6.21. The van der Waals surface area contributed by atoms with Crippen molar-refractivity contribution in [1.29, 1.82) is 0 Å². The first-order valence-corrected chi connectivity index (χ1v) is 5.66. The van der Waals surface area contributed by atoms with Crippen LogP contribution in [-0.2, 0) is 0 Å². The van der Waals surface area contributed by atoms with E-state index in [1.165, 1.54) is 4.90 Å². The molecule has 0 radical (unpaired) electrons. The molecule has 2 heteroatoms. The van der Waals surface area contributed by atoms with Crippen LogP contribution in [0.3, 0.4) is 0 Å². The van der Waals surface area contributed by atoms with Crippen LogP contribution in [0.1, 0.15) is 30.9 Å². The summed E-state index contributed by atoms with van der Waals surface area (Å²) in [5.41, 5.74) is 2.18. The van der Waals surface area contributed by atoms with Crippen molar-refractivity contribution in [3.63, 3.8) is 0 Å². The molecule has 0 aliphatic heterocycles. The van der Waals surface area contributed by atoms with Gasteiger partial charge in [0.1, 0.15) is 5.75 Å². The van der Waals surface area contributed by atoms with Crippen molar-refractivity contribution < 1.29 is 5.11 Å². The van der Waals surface area contributed by atoms with Crippen LogP contribution in [0.15, 0.2) is 17.0 Å². The summed E-state index contributed by atoms with van der Waals surface area (Å²) < 4.78 is 0. The SMILES string of the molecule is CSc1cc(C(C)C)c(O)cc1C. The number of hydrogen-bond acceptors (Lipinski definition) is 2. The molecule has 0 heterocycles. The molecule has 0 atom stereocenters. The molecular formula is C11H16OS. The van der Waals surface area contributed by atoms with E-state index in [-0.39, 0.29) is 0 Å². The van der Waals surface area contributed by atoms with E-state index in [1.807, 2.05) is 13.0 Å². The van der Waals surface area contributed by atoms with Crippen molar-refractivity contribution in [2.24, 2.45) is 0 Å². The minimum atomic E-state index is 0.381. The molecule has 72 valence electrons. The highest BCUT2D eigenvalue weighted by Gasteiger charge is 2.08. The van der Waals surface area contributed by atoms with Gasteiger partial charge in [-0.3, -0.25) is 0 Å². The molecule has 0 bridgehead atoms. The number of rotatable bonds is 2. The second-order valence-corrected chi connectivity index (χ2v) is 4.38. The van der Waals surface area contributed by atoms with Crippen molar-refractivity contribution in [1.82, 2.24) is 0 Å². The fraction of sp³-hybridized carbons (Fsp3) is 0.455. The van der Waals surface area contributed by atoms with Crippen LogP contribution in [-0.4, -0.2) is 11.4 Å². The van der Waals surface area contributed by atoms with Crippen molar-refractivity contribution >= 4 is 11.8 Å². The molecule has 0 spiro atoms. The Kier molecular flexibility index (Phi) is 3.26. The summed E-state index contributed by atoms with van der Waals surface area (Å²) in [5, 5.41) is 9.67. The second-order valence-electron chi connectivity index (χ2n) is 3.54. The van der Waals surface area contributed by atoms with Crippen LogP contribution in [0, 0.1) is 6.92 Å². The number of phenolic OH excluding ortho intramolecular Hbond substituents is 1. The summed E-state index contributed by atoms with van der Waals surface area (Å²) in [6, 6.07) is 3.93. The van der Waals surface area contributed by atoms with Gasteiger partial charge in [-0.25, -0.2) is 0 Å². The van der Waals surface area contributed by atoms with Crippen LogP contribution < -0.4 is 0 Å². The monoisotopic (exact) mass is 196 g/mol. The highest BCUT2D eigenvalue weighted by Crippen LogP contribution is 2.32. The molecule has 0 fully saturated rings. The standard InChI is InChI=1S/C11H16OS/c1-7(2)9-6-11(13-4)8(3)5-10(9)12/h5-7,12H,1-4H3. The highest BCUT2D eigenvalue weighted by atomic mass is 32.2. The van der Waals surface area contributed by atoms with E-state index >= 15 is 0 Å². The maximum Gasteiger partial charge on any atom is 0.119 e. The fourth-order valence-corrected chi connectivity index (χ4v) is 2.00. The summed E-state index contributed by atoms with van der Waals surface area (Å²) in [4.78, 5) is 1.25. The molecule has 0 aliphatic rings. The Morgan fingerprint density at radius 3 is 2.38 bits per heavy atom. The molecule has 0 saturated carbocycles. The van der Waals surface area contributed by atoms with E-state index in [2.05, 4.69) is 26.2 Å². The Labute approximate surface area is 84.2 Å². The second kappa shape index (κ2) is 4.05. The first-order valence-electron chi connectivity index (χ1n) is 4.43. The minimum Gasteiger partial charge on any atom is -0.508 e. The third kappa shape index (κ3) is 2.19. The summed E-state index contributed by atoms with van der Waals surface area (Å²) in [6.07, 6.45) is 2.06. The lowest BCUT2D eigenvalue weighted by molar-refractivity contribution is 0.463. The van der Waals surface area contributed by atoms with E-state index in [1.54, 1.807) is 11.8 Å². The molecule has 13 heavy (non-hydrogen) atoms. The van der Waals surface area contributed by atoms with Gasteiger partial charge >= 0.3 is 0 Å². The summed E-state index contributed by atoms with van der Waals surface area (Å²) in [5.74, 6) is 0.803. The zero-order chi connectivity index (χ0) is 10.0. The molecule has 0 aliphatic carbocycles. The van der Waals surface area contributed by atoms with E-state index < -0.39 is 0 Å². The van der Waals surface area contributed by atoms with E-state index in [4.69, 9.17) is 0 Å². The average Bonchev–Trinajstić information content (AvgIpc) is 2.03. The van der Waals surface area contributed by atoms with Gasteiger partial charge in [0.25, 0.3) is 0 Å². The predicted molar refractivity (Wildman–Crippen MR) is 58.7 cm³/mol. The molecule has 1 nitrogen and oxygen atoms in total. The Morgan fingerprint density at radius 2 is 1.92 bits per heavy atom. The molecular weight excluding hydrogens is 180 g/mol. The number of aryl methyl sites for hydroxylation is 1. The van der Waals surface area contributed by atoms with Crippen LogP contribution in [0.5, 0.6) is 5.75 Å². The third-order valence-corrected chi connectivity index (χ3v) is 3.05. The van der Waals surface area contributed by atoms with Gasteiger partial charge in [0.2, 0.25) is 0 Å². The largest absolute Gasteiger partial charge is 0.508 e. The number of benzene rings is 1. The Morgan fingerprint density at radius 1 is 1.31 bits per heavy atom.